The van der Waals surface area contributed by atoms with Gasteiger partial charge in [-0.05, 0) is 186 Å². The van der Waals surface area contributed by atoms with Crippen LogP contribution in [0.25, 0.3) is 0 Å². The molecule has 8 N–H and O–H groups in total. The lowest BCUT2D eigenvalue weighted by Gasteiger charge is -2.41. The van der Waals surface area contributed by atoms with Crippen molar-refractivity contribution in [1.29, 1.82) is 0 Å². The number of carboxylic acid groups (broad SMARTS) is 8. The topological polar surface area (TPSA) is 298 Å². The van der Waals surface area contributed by atoms with Gasteiger partial charge in [0, 0.05) is 86.5 Å². The van der Waals surface area contributed by atoms with Crippen LogP contribution in [-0.4, -0.2) is 88.6 Å². The lowest BCUT2D eigenvalue weighted by Crippen LogP contribution is -2.34. The molecule has 0 spiro atoms. The fraction of sp³-hybridized carbons (Fsp3) is 0.111. The highest BCUT2D eigenvalue weighted by Gasteiger charge is 2.53. The van der Waals surface area contributed by atoms with Gasteiger partial charge in [0.1, 0.15) is 0 Å². The van der Waals surface area contributed by atoms with Gasteiger partial charge in [0.05, 0.1) is 44.6 Å². The molecule has 16 nitrogen and oxygen atoms in total. The van der Waals surface area contributed by atoms with E-state index in [2.05, 4.69) is 0 Å². The Labute approximate surface area is 574 Å². The van der Waals surface area contributed by atoms with Gasteiger partial charge in [-0.1, -0.05) is 135 Å². The molecule has 96 heavy (non-hydrogen) atoms. The summed E-state index contributed by atoms with van der Waals surface area (Å²) >= 11 is 0. The van der Waals surface area contributed by atoms with E-state index >= 15 is 0 Å². The Kier molecular flexibility index (Phi) is 14.2. The summed E-state index contributed by atoms with van der Waals surface area (Å²) in [7, 11) is 11.0. The summed E-state index contributed by atoms with van der Waals surface area (Å²) in [5.41, 5.74) is 8.46. The fourth-order valence-electron chi connectivity index (χ4n) is 16.3. The lowest BCUT2D eigenvalue weighted by atomic mass is 9.61. The summed E-state index contributed by atoms with van der Waals surface area (Å²) in [6.45, 7) is 0. The highest BCUT2D eigenvalue weighted by molar-refractivity contribution is 8.77. The molecule has 8 aromatic rings. The van der Waals surface area contributed by atoms with Gasteiger partial charge in [-0.3, -0.25) is 0 Å². The first-order valence-corrected chi connectivity index (χ1v) is 38.2. The maximum Gasteiger partial charge on any atom is 0.333 e. The molecule has 8 atom stereocenters. The van der Waals surface area contributed by atoms with E-state index in [0.29, 0.717) is 89.0 Å². The van der Waals surface area contributed by atoms with Crippen molar-refractivity contribution in [2.24, 2.45) is 0 Å². The number of rotatable bonds is 8. The predicted molar refractivity (Wildman–Crippen MR) is 362 cm³/mol. The van der Waals surface area contributed by atoms with Crippen LogP contribution in [0.5, 0.6) is 0 Å². The SMILES string of the molecule is O=C(O)C1=C(C(=O)O)[C@@H]2c3ccc4cc3[C@H]1c1ccc(cc12)SSc1ccc2c(c1)[C@H]1C(C(=O)O)=C(C(=O)O)[C@@H]2c2cc(ccc21)SSc1ccc2c(c1)[C@@H]1C(C(=O)O)=C(C(=O)O)[C@H]2c2cc(ccc21)SSc1ccc2c(c1)[C@H]1C(C(=O)O)=C(C(=O)O)[C@@H]2c2cc(ccc21)SS4. The Morgan fingerprint density at radius 3 is 0.375 bits per heavy atom. The normalized spacial score (nSPS) is 22.3. The van der Waals surface area contributed by atoms with Crippen LogP contribution >= 0.6 is 86.4 Å². The number of carboxylic acids is 8. The fourth-order valence-corrected chi connectivity index (χ4v) is 24.3. The summed E-state index contributed by atoms with van der Waals surface area (Å²) < 4.78 is 0. The number of aliphatic carboxylic acids is 8. The molecule has 42 rings (SSSR count). The Bertz CT molecular complexity index is 4300. The molecule has 24 heteroatoms. The Morgan fingerprint density at radius 2 is 0.281 bits per heavy atom. The van der Waals surface area contributed by atoms with Gasteiger partial charge in [0.15, 0.2) is 0 Å². The van der Waals surface area contributed by atoms with Gasteiger partial charge in [0.25, 0.3) is 0 Å². The molecule has 34 aliphatic rings. The van der Waals surface area contributed by atoms with Crippen LogP contribution in [0.1, 0.15) is 136 Å². The highest BCUT2D eigenvalue weighted by Crippen LogP contribution is 2.63. The smallest absolute Gasteiger partial charge is 0.333 e. The zero-order valence-corrected chi connectivity index (χ0v) is 55.1. The van der Waals surface area contributed by atoms with Gasteiger partial charge in [-0.15, -0.1) is 0 Å². The zero-order valence-electron chi connectivity index (χ0n) is 48.6. The van der Waals surface area contributed by atoms with Gasteiger partial charge < -0.3 is 40.9 Å². The Balaban J connectivity index is 0.768. The molecule has 0 amide bonds. The minimum absolute atomic E-state index is 0.229. The van der Waals surface area contributed by atoms with Crippen molar-refractivity contribution in [3.63, 3.8) is 0 Å². The third-order valence-corrected chi connectivity index (χ3v) is 29.2. The van der Waals surface area contributed by atoms with E-state index in [0.717, 1.165) is 39.2 Å². The largest absolute Gasteiger partial charge is 0.478 e. The molecule has 0 aromatic heterocycles. The van der Waals surface area contributed by atoms with E-state index in [1.54, 1.807) is 0 Å². The van der Waals surface area contributed by atoms with Crippen molar-refractivity contribution in [3.8, 4) is 0 Å². The highest BCUT2D eigenvalue weighted by atomic mass is 33.1. The summed E-state index contributed by atoms with van der Waals surface area (Å²) in [5.74, 6) is -18.4. The van der Waals surface area contributed by atoms with Crippen LogP contribution in [0.2, 0.25) is 0 Å². The first kappa shape index (κ1) is 60.9. The van der Waals surface area contributed by atoms with Crippen molar-refractivity contribution < 1.29 is 79.2 Å². The molecule has 22 heterocycles. The first-order chi connectivity index (χ1) is 46.2. The van der Waals surface area contributed by atoms with Crippen LogP contribution in [0.15, 0.2) is 229 Å². The average Bonchev–Trinajstić information content (AvgIpc) is 0.726. The molecule has 0 saturated carbocycles. The molecular formula is C72H40O16S8. The van der Waals surface area contributed by atoms with E-state index in [4.69, 9.17) is 0 Å². The summed E-state index contributed by atoms with van der Waals surface area (Å²) in [5, 5.41) is 86.4. The number of hydrogen-bond donors (Lipinski definition) is 8. The minimum atomic E-state index is -1.36. The van der Waals surface area contributed by atoms with Crippen LogP contribution in [0.4, 0.5) is 0 Å². The van der Waals surface area contributed by atoms with Crippen LogP contribution in [0.3, 0.4) is 0 Å². The maximum absolute atomic E-state index is 13.3. The summed E-state index contributed by atoms with van der Waals surface area (Å²) in [4.78, 5) is 112. The standard InChI is InChI=1S/C72H40O16S8/c73-65(74)57-49-33-9-1-25-17-41(33)50(58(57)66(75)76)34-11-3-27(19-42(34)49)91-92-28-5-13-37-45(20-28)53-38-14-6-31(23-46(38)54(37)62(70(83)84)61(53)69(81)82)95-96-32-8-16-40-48(24-32)56-39-15-7-30(22-47(39)55(40)63(71(85)86)64(56)72(87)88)94-93-29-4-12-36-44(21-29)52-35-10-2-26(90-89-25)18-43(35)51(36)59(67(77)78)60(52)68(79)80/h1-24,49-56H,(H,73,74)(H,75,76)(H,77,78)(H,79,80)(H,81,82)(H,83,84)(H,85,86)(H,87,88)/t49-,50-,51+,52+,53+,54+,55-,56-. The second-order valence-corrected chi connectivity index (χ2v) is 33.3. The number of hydrogen-bond acceptors (Lipinski definition) is 16. The lowest BCUT2D eigenvalue weighted by molar-refractivity contribution is -0.136. The van der Waals surface area contributed by atoms with Crippen molar-refractivity contribution in [3.05, 3.63) is 279 Å². The summed E-state index contributed by atoms with van der Waals surface area (Å²) in [6.07, 6.45) is 0. The average molecular weight is 1420 g/mol. The first-order valence-electron chi connectivity index (χ1n) is 29.6. The molecular weight excluding hydrogens is 1380 g/mol. The quantitative estimate of drug-likeness (QED) is 0.0656. The van der Waals surface area contributed by atoms with Gasteiger partial charge in [-0.25, -0.2) is 38.4 Å². The maximum atomic E-state index is 13.3. The van der Waals surface area contributed by atoms with Crippen molar-refractivity contribution >= 4 is 134 Å². The molecule has 22 aliphatic heterocycles. The van der Waals surface area contributed by atoms with Gasteiger partial charge in [0.2, 0.25) is 0 Å². The monoisotopic (exact) mass is 1420 g/mol. The van der Waals surface area contributed by atoms with E-state index in [1.807, 2.05) is 146 Å². The van der Waals surface area contributed by atoms with Crippen molar-refractivity contribution in [2.45, 2.75) is 86.5 Å². The zero-order chi connectivity index (χ0) is 66.3. The number of carbonyl (C=O) groups is 8. The van der Waals surface area contributed by atoms with E-state index in [1.165, 1.54) is 86.4 Å². The molecule has 472 valence electrons. The molecule has 0 radical (unpaired) electrons. The van der Waals surface area contributed by atoms with Crippen LogP contribution in [-0.2, 0) is 38.4 Å². The third-order valence-electron chi connectivity index (χ3n) is 19.7. The molecule has 8 aromatic carbocycles. The predicted octanol–water partition coefficient (Wildman–Crippen LogP) is 15.4. The van der Waals surface area contributed by atoms with Crippen molar-refractivity contribution in [1.82, 2.24) is 0 Å². The van der Waals surface area contributed by atoms with E-state index < -0.39 is 95.1 Å². The van der Waals surface area contributed by atoms with E-state index in [-0.39, 0.29) is 44.6 Å². The van der Waals surface area contributed by atoms with Crippen LogP contribution in [0, 0.1) is 0 Å². The molecule has 12 aliphatic carbocycles. The third kappa shape index (κ3) is 9.01. The molecule has 0 fully saturated rings. The Hall–Kier alpha value is -8.72. The minimum Gasteiger partial charge on any atom is -0.478 e. The molecule has 0 saturated heterocycles. The van der Waals surface area contributed by atoms with Gasteiger partial charge in [-0.2, -0.15) is 0 Å². The van der Waals surface area contributed by atoms with Crippen LogP contribution < -0.4 is 0 Å². The van der Waals surface area contributed by atoms with Gasteiger partial charge >= 0.3 is 47.8 Å². The van der Waals surface area contributed by atoms with Crippen molar-refractivity contribution in [2.75, 3.05) is 0 Å². The molecule has 0 unspecified atom stereocenters. The summed E-state index contributed by atoms with van der Waals surface area (Å²) in [6, 6.07) is 44.6. The molecule has 32 bridgehead atoms. The van der Waals surface area contributed by atoms with E-state index in [9.17, 15) is 79.2 Å². The second-order valence-electron chi connectivity index (χ2n) is 24.2. The number of benzene rings is 8. The second kappa shape index (κ2) is 22.4. The Morgan fingerprint density at radius 1 is 0.177 bits per heavy atom.